The SMILES string of the molecule is CCC(=O)c1sc(NCC2CC2)c(OC)c1N. The molecule has 0 bridgehead atoms. The fourth-order valence-corrected chi connectivity index (χ4v) is 2.78. The van der Waals surface area contributed by atoms with Crippen LogP contribution in [0.3, 0.4) is 0 Å². The summed E-state index contributed by atoms with van der Waals surface area (Å²) in [5.41, 5.74) is 6.41. The van der Waals surface area contributed by atoms with E-state index < -0.39 is 0 Å². The smallest absolute Gasteiger partial charge is 0.176 e. The van der Waals surface area contributed by atoms with Crippen molar-refractivity contribution in [3.8, 4) is 5.75 Å². The molecule has 0 spiro atoms. The van der Waals surface area contributed by atoms with Crippen LogP contribution in [-0.4, -0.2) is 19.4 Å². The normalized spacial score (nSPS) is 14.7. The molecule has 17 heavy (non-hydrogen) atoms. The number of nitrogens with two attached hydrogens (primary N) is 1. The van der Waals surface area contributed by atoms with Gasteiger partial charge < -0.3 is 15.8 Å². The van der Waals surface area contributed by atoms with Gasteiger partial charge in [-0.1, -0.05) is 6.92 Å². The Morgan fingerprint density at radius 3 is 2.82 bits per heavy atom. The predicted molar refractivity (Wildman–Crippen MR) is 71.1 cm³/mol. The molecule has 4 nitrogen and oxygen atoms in total. The molecule has 1 fully saturated rings. The van der Waals surface area contributed by atoms with Gasteiger partial charge >= 0.3 is 0 Å². The Bertz CT molecular complexity index is 424. The van der Waals surface area contributed by atoms with Crippen LogP contribution in [0.25, 0.3) is 0 Å². The van der Waals surface area contributed by atoms with Crippen molar-refractivity contribution < 1.29 is 9.53 Å². The number of carbonyl (C=O) groups is 1. The average Bonchev–Trinajstić information content (AvgIpc) is 3.10. The van der Waals surface area contributed by atoms with Crippen LogP contribution in [0.4, 0.5) is 10.7 Å². The van der Waals surface area contributed by atoms with Gasteiger partial charge in [-0.25, -0.2) is 0 Å². The highest BCUT2D eigenvalue weighted by Gasteiger charge is 2.24. The maximum absolute atomic E-state index is 11.7. The fourth-order valence-electron chi connectivity index (χ4n) is 1.67. The first-order valence-electron chi connectivity index (χ1n) is 5.90. The third-order valence-electron chi connectivity index (χ3n) is 2.93. The number of methoxy groups -OCH3 is 1. The highest BCUT2D eigenvalue weighted by Crippen LogP contribution is 2.43. The van der Waals surface area contributed by atoms with Crippen LogP contribution in [-0.2, 0) is 0 Å². The minimum Gasteiger partial charge on any atom is -0.492 e. The van der Waals surface area contributed by atoms with Gasteiger partial charge in [0, 0.05) is 13.0 Å². The fraction of sp³-hybridized carbons (Fsp3) is 0.583. The quantitative estimate of drug-likeness (QED) is 0.766. The zero-order valence-electron chi connectivity index (χ0n) is 10.2. The molecule has 1 saturated carbocycles. The van der Waals surface area contributed by atoms with Crippen LogP contribution in [0, 0.1) is 5.92 Å². The zero-order valence-corrected chi connectivity index (χ0v) is 11.0. The van der Waals surface area contributed by atoms with E-state index in [0.717, 1.165) is 17.5 Å². The van der Waals surface area contributed by atoms with Gasteiger partial charge in [0.25, 0.3) is 0 Å². The van der Waals surface area contributed by atoms with E-state index in [1.54, 1.807) is 7.11 Å². The van der Waals surface area contributed by atoms with Gasteiger partial charge in [-0.15, -0.1) is 11.3 Å². The van der Waals surface area contributed by atoms with E-state index in [4.69, 9.17) is 10.5 Å². The van der Waals surface area contributed by atoms with Crippen LogP contribution in [0.5, 0.6) is 5.75 Å². The van der Waals surface area contributed by atoms with Gasteiger partial charge in [-0.3, -0.25) is 4.79 Å². The second-order valence-electron chi connectivity index (χ2n) is 4.31. The zero-order chi connectivity index (χ0) is 12.4. The number of hydrogen-bond donors (Lipinski definition) is 2. The Morgan fingerprint density at radius 1 is 1.59 bits per heavy atom. The molecule has 94 valence electrons. The lowest BCUT2D eigenvalue weighted by atomic mass is 10.2. The summed E-state index contributed by atoms with van der Waals surface area (Å²) in [6, 6.07) is 0. The molecule has 5 heteroatoms. The predicted octanol–water partition coefficient (Wildman–Crippen LogP) is 2.75. The summed E-state index contributed by atoms with van der Waals surface area (Å²) in [5, 5.41) is 4.21. The van der Waals surface area contributed by atoms with E-state index in [1.807, 2.05) is 6.92 Å². The lowest BCUT2D eigenvalue weighted by molar-refractivity contribution is 0.0992. The number of nitrogen functional groups attached to an aromatic ring is 1. The summed E-state index contributed by atoms with van der Waals surface area (Å²) in [7, 11) is 1.58. The van der Waals surface area contributed by atoms with Gasteiger partial charge in [-0.05, 0) is 18.8 Å². The summed E-state index contributed by atoms with van der Waals surface area (Å²) in [6.45, 7) is 2.78. The molecule has 0 unspecified atom stereocenters. The first kappa shape index (κ1) is 12.2. The van der Waals surface area contributed by atoms with Gasteiger partial charge in [0.1, 0.15) is 5.00 Å². The number of anilines is 2. The third-order valence-corrected chi connectivity index (χ3v) is 4.11. The Labute approximate surface area is 105 Å². The number of rotatable bonds is 6. The van der Waals surface area contributed by atoms with E-state index in [-0.39, 0.29) is 5.78 Å². The van der Waals surface area contributed by atoms with Crippen LogP contribution in [0.15, 0.2) is 0 Å². The summed E-state index contributed by atoms with van der Waals surface area (Å²) in [6.07, 6.45) is 3.05. The first-order valence-corrected chi connectivity index (χ1v) is 6.72. The molecule has 0 aromatic carbocycles. The maximum atomic E-state index is 11.7. The minimum absolute atomic E-state index is 0.0743. The molecule has 1 aromatic rings. The highest BCUT2D eigenvalue weighted by atomic mass is 32.1. The second kappa shape index (κ2) is 4.96. The van der Waals surface area contributed by atoms with E-state index in [1.165, 1.54) is 24.2 Å². The van der Waals surface area contributed by atoms with Crippen LogP contribution < -0.4 is 15.8 Å². The van der Waals surface area contributed by atoms with E-state index in [0.29, 0.717) is 22.7 Å². The Hall–Kier alpha value is -1.23. The molecule has 1 heterocycles. The average molecular weight is 254 g/mol. The van der Waals surface area contributed by atoms with E-state index in [2.05, 4.69) is 5.32 Å². The van der Waals surface area contributed by atoms with Gasteiger partial charge in [0.15, 0.2) is 11.5 Å². The Balaban J connectivity index is 2.20. The molecule has 1 aromatic heterocycles. The third kappa shape index (κ3) is 2.54. The molecule has 2 rings (SSSR count). The van der Waals surface area contributed by atoms with E-state index in [9.17, 15) is 4.79 Å². The lowest BCUT2D eigenvalue weighted by Gasteiger charge is -2.05. The molecule has 1 aliphatic rings. The monoisotopic (exact) mass is 254 g/mol. The van der Waals surface area contributed by atoms with Crippen molar-refractivity contribution in [2.45, 2.75) is 26.2 Å². The van der Waals surface area contributed by atoms with Crippen molar-refractivity contribution in [3.63, 3.8) is 0 Å². The molecular formula is C12H18N2O2S. The molecule has 1 aliphatic carbocycles. The number of ether oxygens (including phenoxy) is 1. The van der Waals surface area contributed by atoms with Crippen molar-refractivity contribution in [3.05, 3.63) is 4.88 Å². The molecular weight excluding hydrogens is 236 g/mol. The van der Waals surface area contributed by atoms with Crippen LogP contribution in [0.1, 0.15) is 35.9 Å². The molecule has 0 aliphatic heterocycles. The topological polar surface area (TPSA) is 64.3 Å². The summed E-state index contributed by atoms with van der Waals surface area (Å²) >= 11 is 1.40. The van der Waals surface area contributed by atoms with Gasteiger partial charge in [0.2, 0.25) is 0 Å². The first-order chi connectivity index (χ1) is 8.17. The van der Waals surface area contributed by atoms with Crippen LogP contribution >= 0.6 is 11.3 Å². The number of thiophene rings is 1. The van der Waals surface area contributed by atoms with Crippen LogP contribution in [0.2, 0.25) is 0 Å². The molecule has 0 saturated heterocycles. The summed E-state index contributed by atoms with van der Waals surface area (Å²) in [4.78, 5) is 12.3. The van der Waals surface area contributed by atoms with Gasteiger partial charge in [-0.2, -0.15) is 0 Å². The number of hydrogen-bond acceptors (Lipinski definition) is 5. The number of Topliss-reactive ketones (excluding diaryl/α,β-unsaturated/α-hetero) is 1. The van der Waals surface area contributed by atoms with Crippen molar-refractivity contribution >= 4 is 27.8 Å². The number of ketones is 1. The number of nitrogens with one attached hydrogen (secondary N) is 1. The molecule has 0 radical (unpaired) electrons. The van der Waals surface area contributed by atoms with Crippen molar-refractivity contribution in [1.29, 1.82) is 0 Å². The number of carbonyl (C=O) groups excluding carboxylic acids is 1. The molecule has 0 atom stereocenters. The summed E-state index contributed by atoms with van der Waals surface area (Å²) < 4.78 is 5.27. The van der Waals surface area contributed by atoms with Gasteiger partial charge in [0.05, 0.1) is 17.7 Å². The summed E-state index contributed by atoms with van der Waals surface area (Å²) in [5.74, 6) is 1.46. The standard InChI is InChI=1S/C12H18N2O2S/c1-3-8(15)11-9(13)10(16-2)12(17-11)14-6-7-4-5-7/h7,14H,3-6,13H2,1-2H3. The lowest BCUT2D eigenvalue weighted by Crippen LogP contribution is -2.03. The Kier molecular flexibility index (Phi) is 3.57. The second-order valence-corrected chi connectivity index (χ2v) is 5.33. The maximum Gasteiger partial charge on any atom is 0.176 e. The van der Waals surface area contributed by atoms with Crippen molar-refractivity contribution in [1.82, 2.24) is 0 Å². The van der Waals surface area contributed by atoms with Crippen molar-refractivity contribution in [2.75, 3.05) is 24.7 Å². The molecule has 0 amide bonds. The molecule has 3 N–H and O–H groups in total. The highest BCUT2D eigenvalue weighted by molar-refractivity contribution is 7.19. The van der Waals surface area contributed by atoms with E-state index >= 15 is 0 Å². The Morgan fingerprint density at radius 2 is 2.29 bits per heavy atom. The largest absolute Gasteiger partial charge is 0.492 e. The van der Waals surface area contributed by atoms with Crippen molar-refractivity contribution in [2.24, 2.45) is 5.92 Å². The minimum atomic E-state index is 0.0743.